The molecule has 9 heavy (non-hydrogen) atoms. The maximum absolute atomic E-state index is 10.4. The van der Waals surface area contributed by atoms with E-state index in [2.05, 4.69) is 0 Å². The Kier molecular flexibility index (Phi) is 3.11. The van der Waals surface area contributed by atoms with Crippen molar-refractivity contribution in [2.75, 3.05) is 0 Å². The van der Waals surface area contributed by atoms with Crippen molar-refractivity contribution >= 4 is 17.9 Å². The number of carbonyl (C=O) groups excluding carboxylic acids is 1. The lowest BCUT2D eigenvalue weighted by atomic mass is 10.4. The average molecular weight is 147 g/mol. The van der Waals surface area contributed by atoms with Gasteiger partial charge in [-0.15, -0.1) is 0 Å². The van der Waals surface area contributed by atoms with Crippen molar-refractivity contribution in [2.45, 2.75) is 6.92 Å². The molecule has 6 N–H and O–H groups in total. The molecule has 0 aromatic heterocycles. The molecular weight excluding hydrogens is 138 g/mol. The Balaban J connectivity index is 4.35. The van der Waals surface area contributed by atoms with E-state index in [-0.39, 0.29) is 4.91 Å². The topological polar surface area (TPSA) is 95.1 Å². The number of rotatable bonds is 2. The van der Waals surface area contributed by atoms with E-state index in [0.29, 0.717) is 5.70 Å². The van der Waals surface area contributed by atoms with Crippen LogP contribution in [0.5, 0.6) is 0 Å². The SMILES string of the molecule is C/C(N)=C(/SN)C(N)=O. The Morgan fingerprint density at radius 3 is 1.89 bits per heavy atom. The second-order valence-corrected chi connectivity index (χ2v) is 2.14. The number of nitrogens with two attached hydrogens (primary N) is 3. The summed E-state index contributed by atoms with van der Waals surface area (Å²) in [5.74, 6) is -0.581. The van der Waals surface area contributed by atoms with Gasteiger partial charge in [-0.1, -0.05) is 0 Å². The van der Waals surface area contributed by atoms with E-state index in [1.807, 2.05) is 0 Å². The average Bonchev–Trinajstić information content (AvgIpc) is 1.64. The number of carbonyl (C=O) groups is 1. The Labute approximate surface area is 57.6 Å². The molecule has 1 amide bonds. The van der Waals surface area contributed by atoms with Gasteiger partial charge in [0, 0.05) is 5.70 Å². The summed E-state index contributed by atoms with van der Waals surface area (Å²) in [5.41, 5.74) is 10.5. The van der Waals surface area contributed by atoms with E-state index in [1.54, 1.807) is 6.92 Å². The van der Waals surface area contributed by atoms with Crippen molar-refractivity contribution in [2.24, 2.45) is 16.6 Å². The maximum Gasteiger partial charge on any atom is 0.258 e. The summed E-state index contributed by atoms with van der Waals surface area (Å²) in [6.07, 6.45) is 0. The molecular formula is C4H9N3OS. The van der Waals surface area contributed by atoms with Crippen molar-refractivity contribution < 1.29 is 4.79 Å². The zero-order valence-corrected chi connectivity index (χ0v) is 5.87. The fourth-order valence-electron chi connectivity index (χ4n) is 0.345. The monoisotopic (exact) mass is 147 g/mol. The van der Waals surface area contributed by atoms with Crippen LogP contribution in [0.1, 0.15) is 6.92 Å². The lowest BCUT2D eigenvalue weighted by molar-refractivity contribution is -0.113. The van der Waals surface area contributed by atoms with Crippen LogP contribution in [0.4, 0.5) is 0 Å². The van der Waals surface area contributed by atoms with Crippen molar-refractivity contribution in [3.05, 3.63) is 10.6 Å². The molecule has 0 heterocycles. The van der Waals surface area contributed by atoms with Crippen LogP contribution in [0.3, 0.4) is 0 Å². The quantitative estimate of drug-likeness (QED) is 0.354. The molecule has 0 spiro atoms. The van der Waals surface area contributed by atoms with Crippen molar-refractivity contribution in [1.29, 1.82) is 0 Å². The predicted octanol–water partition coefficient (Wildman–Crippen LogP) is -0.731. The molecule has 5 heteroatoms. The zero-order chi connectivity index (χ0) is 7.44. The lowest BCUT2D eigenvalue weighted by Crippen LogP contribution is -2.16. The van der Waals surface area contributed by atoms with E-state index in [1.165, 1.54) is 0 Å². The van der Waals surface area contributed by atoms with Crippen molar-refractivity contribution in [3.63, 3.8) is 0 Å². The van der Waals surface area contributed by atoms with E-state index < -0.39 is 5.91 Å². The molecule has 0 aliphatic heterocycles. The van der Waals surface area contributed by atoms with Gasteiger partial charge in [0.25, 0.3) is 5.91 Å². The highest BCUT2D eigenvalue weighted by molar-refractivity contribution is 8.01. The molecule has 0 radical (unpaired) electrons. The van der Waals surface area contributed by atoms with Gasteiger partial charge in [0.15, 0.2) is 0 Å². The highest BCUT2D eigenvalue weighted by atomic mass is 32.2. The normalized spacial score (nSPS) is 12.7. The zero-order valence-electron chi connectivity index (χ0n) is 5.05. The molecule has 0 aliphatic carbocycles. The molecule has 0 saturated carbocycles. The fourth-order valence-corrected chi connectivity index (χ4v) is 0.647. The van der Waals surface area contributed by atoms with Crippen LogP contribution in [-0.2, 0) is 4.79 Å². The van der Waals surface area contributed by atoms with Gasteiger partial charge < -0.3 is 11.5 Å². The van der Waals surface area contributed by atoms with Crippen LogP contribution in [0.25, 0.3) is 0 Å². The molecule has 0 bridgehead atoms. The Bertz CT molecular complexity index is 150. The van der Waals surface area contributed by atoms with Gasteiger partial charge in [0.2, 0.25) is 0 Å². The minimum Gasteiger partial charge on any atom is -0.401 e. The number of allylic oxidation sites excluding steroid dienone is 1. The van der Waals surface area contributed by atoms with Crippen molar-refractivity contribution in [1.82, 2.24) is 0 Å². The molecule has 0 aromatic carbocycles. The minimum absolute atomic E-state index is 0.218. The largest absolute Gasteiger partial charge is 0.401 e. The molecule has 0 aromatic rings. The molecule has 0 aliphatic rings. The second kappa shape index (κ2) is 3.37. The summed E-state index contributed by atoms with van der Waals surface area (Å²) in [7, 11) is 0. The second-order valence-electron chi connectivity index (χ2n) is 1.49. The third kappa shape index (κ3) is 2.39. The third-order valence-electron chi connectivity index (χ3n) is 0.700. The summed E-state index contributed by atoms with van der Waals surface area (Å²) < 4.78 is 0. The van der Waals surface area contributed by atoms with Gasteiger partial charge in [0.05, 0.1) is 0 Å². The van der Waals surface area contributed by atoms with Gasteiger partial charge >= 0.3 is 0 Å². The van der Waals surface area contributed by atoms with E-state index >= 15 is 0 Å². The number of hydrogen-bond acceptors (Lipinski definition) is 4. The van der Waals surface area contributed by atoms with Crippen LogP contribution in [0.2, 0.25) is 0 Å². The summed E-state index contributed by atoms with van der Waals surface area (Å²) in [6.45, 7) is 1.57. The first-order valence-electron chi connectivity index (χ1n) is 2.22. The standard InChI is InChI=1S/C4H9N3OS/c1-2(5)3(9-7)4(6)8/h5,7H2,1H3,(H2,6,8)/b3-2-. The number of primary amides is 1. The van der Waals surface area contributed by atoms with Gasteiger partial charge in [-0.25, -0.2) is 0 Å². The maximum atomic E-state index is 10.4. The molecule has 52 valence electrons. The first kappa shape index (κ1) is 8.32. The Morgan fingerprint density at radius 1 is 1.44 bits per heavy atom. The molecule has 0 saturated heterocycles. The van der Waals surface area contributed by atoms with E-state index in [9.17, 15) is 4.79 Å². The first-order chi connectivity index (χ1) is 4.09. The van der Waals surface area contributed by atoms with Crippen molar-refractivity contribution in [3.8, 4) is 0 Å². The van der Waals surface area contributed by atoms with Gasteiger partial charge in [0.1, 0.15) is 4.91 Å². The molecule has 0 unspecified atom stereocenters. The van der Waals surface area contributed by atoms with Crippen LogP contribution in [0, 0.1) is 0 Å². The predicted molar refractivity (Wildman–Crippen MR) is 37.9 cm³/mol. The smallest absolute Gasteiger partial charge is 0.258 e. The number of amides is 1. The first-order valence-corrected chi connectivity index (χ1v) is 3.10. The van der Waals surface area contributed by atoms with Gasteiger partial charge in [-0.3, -0.25) is 9.93 Å². The molecule has 4 nitrogen and oxygen atoms in total. The highest BCUT2D eigenvalue weighted by Crippen LogP contribution is 2.08. The Hall–Kier alpha value is -0.680. The molecule has 0 fully saturated rings. The van der Waals surface area contributed by atoms with E-state index in [0.717, 1.165) is 11.9 Å². The summed E-state index contributed by atoms with van der Waals surface area (Å²) >= 11 is 0.766. The summed E-state index contributed by atoms with van der Waals surface area (Å²) in [6, 6.07) is 0. The summed E-state index contributed by atoms with van der Waals surface area (Å²) in [5, 5.41) is 5.05. The third-order valence-corrected chi connectivity index (χ3v) is 1.46. The lowest BCUT2D eigenvalue weighted by Gasteiger charge is -1.98. The Morgan fingerprint density at radius 2 is 1.89 bits per heavy atom. The van der Waals surface area contributed by atoms with Crippen LogP contribution >= 0.6 is 11.9 Å². The summed E-state index contributed by atoms with van der Waals surface area (Å²) in [4.78, 5) is 10.6. The fraction of sp³-hybridized carbons (Fsp3) is 0.250. The highest BCUT2D eigenvalue weighted by Gasteiger charge is 2.04. The van der Waals surface area contributed by atoms with E-state index in [4.69, 9.17) is 16.6 Å². The van der Waals surface area contributed by atoms with Crippen LogP contribution in [0.15, 0.2) is 10.6 Å². The number of hydrogen-bond donors (Lipinski definition) is 3. The van der Waals surface area contributed by atoms with Gasteiger partial charge in [-0.2, -0.15) is 0 Å². The van der Waals surface area contributed by atoms with Crippen LogP contribution in [-0.4, -0.2) is 5.91 Å². The minimum atomic E-state index is -0.581. The molecule has 0 atom stereocenters. The van der Waals surface area contributed by atoms with Gasteiger partial charge in [-0.05, 0) is 18.9 Å². The van der Waals surface area contributed by atoms with Crippen LogP contribution < -0.4 is 16.6 Å². The molecule has 0 rings (SSSR count).